The molecular formula is C14H18FNO2S. The summed E-state index contributed by atoms with van der Waals surface area (Å²) in [5.41, 5.74) is 1.17. The van der Waals surface area contributed by atoms with Crippen molar-refractivity contribution in [3.63, 3.8) is 0 Å². The van der Waals surface area contributed by atoms with Gasteiger partial charge in [0.1, 0.15) is 5.82 Å². The zero-order chi connectivity index (χ0) is 14.3. The van der Waals surface area contributed by atoms with Gasteiger partial charge in [-0.15, -0.1) is 0 Å². The summed E-state index contributed by atoms with van der Waals surface area (Å²) in [7, 11) is 1.95. The minimum Gasteiger partial charge on any atom is -0.478 e. The van der Waals surface area contributed by atoms with Gasteiger partial charge in [0.15, 0.2) is 0 Å². The number of rotatable bonds is 7. The molecule has 0 spiro atoms. The van der Waals surface area contributed by atoms with E-state index in [4.69, 9.17) is 5.11 Å². The molecule has 0 amide bonds. The van der Waals surface area contributed by atoms with Gasteiger partial charge in [0.2, 0.25) is 0 Å². The van der Waals surface area contributed by atoms with Crippen LogP contribution in [0.25, 0.3) is 6.08 Å². The second-order valence-electron chi connectivity index (χ2n) is 4.25. The molecule has 0 atom stereocenters. The Hall–Kier alpha value is -1.33. The SMILES string of the molecule is CSCCN(C)Cc1ccc(/C=C/C(=O)O)cc1F. The normalized spacial score (nSPS) is 11.4. The van der Waals surface area contributed by atoms with Crippen LogP contribution in [-0.2, 0) is 11.3 Å². The third kappa shape index (κ3) is 5.89. The van der Waals surface area contributed by atoms with Crippen molar-refractivity contribution in [3.8, 4) is 0 Å². The molecule has 0 heterocycles. The van der Waals surface area contributed by atoms with Crippen LogP contribution >= 0.6 is 11.8 Å². The second-order valence-corrected chi connectivity index (χ2v) is 5.24. The van der Waals surface area contributed by atoms with E-state index in [1.54, 1.807) is 23.9 Å². The van der Waals surface area contributed by atoms with Gasteiger partial charge in [-0.25, -0.2) is 9.18 Å². The Morgan fingerprint density at radius 2 is 2.26 bits per heavy atom. The molecule has 5 heteroatoms. The first-order valence-electron chi connectivity index (χ1n) is 5.90. The first-order chi connectivity index (χ1) is 9.02. The molecule has 0 saturated heterocycles. The van der Waals surface area contributed by atoms with E-state index >= 15 is 0 Å². The molecule has 0 aromatic heterocycles. The summed E-state index contributed by atoms with van der Waals surface area (Å²) in [5.74, 6) is -0.331. The van der Waals surface area contributed by atoms with Crippen LogP contribution in [0, 0.1) is 5.82 Å². The lowest BCUT2D eigenvalue weighted by molar-refractivity contribution is -0.131. The summed E-state index contributed by atoms with van der Waals surface area (Å²) < 4.78 is 13.8. The van der Waals surface area contributed by atoms with E-state index in [0.717, 1.165) is 18.4 Å². The zero-order valence-corrected chi connectivity index (χ0v) is 11.9. The van der Waals surface area contributed by atoms with Crippen molar-refractivity contribution in [2.75, 3.05) is 25.6 Å². The molecule has 0 radical (unpaired) electrons. The van der Waals surface area contributed by atoms with Crippen LogP contribution in [0.4, 0.5) is 4.39 Å². The molecule has 3 nitrogen and oxygen atoms in total. The monoisotopic (exact) mass is 283 g/mol. The number of carboxylic acid groups (broad SMARTS) is 1. The largest absolute Gasteiger partial charge is 0.478 e. The van der Waals surface area contributed by atoms with Gasteiger partial charge in [0.05, 0.1) is 0 Å². The molecule has 1 N–H and O–H groups in total. The van der Waals surface area contributed by atoms with E-state index in [1.807, 2.05) is 13.3 Å². The third-order valence-electron chi connectivity index (χ3n) is 2.61. The topological polar surface area (TPSA) is 40.5 Å². The maximum absolute atomic E-state index is 13.8. The Labute approximate surface area is 117 Å². The van der Waals surface area contributed by atoms with Gasteiger partial charge in [0, 0.05) is 30.5 Å². The van der Waals surface area contributed by atoms with E-state index in [2.05, 4.69) is 4.90 Å². The lowest BCUT2D eigenvalue weighted by Crippen LogP contribution is -2.21. The molecule has 0 unspecified atom stereocenters. The molecule has 1 aromatic rings. The number of hydrogen-bond donors (Lipinski definition) is 1. The van der Waals surface area contributed by atoms with Crippen LogP contribution in [-0.4, -0.2) is 41.6 Å². The van der Waals surface area contributed by atoms with Gasteiger partial charge in [0.25, 0.3) is 0 Å². The highest BCUT2D eigenvalue weighted by atomic mass is 32.2. The average Bonchev–Trinajstić information content (AvgIpc) is 2.36. The highest BCUT2D eigenvalue weighted by Gasteiger charge is 2.06. The highest BCUT2D eigenvalue weighted by Crippen LogP contribution is 2.13. The van der Waals surface area contributed by atoms with Crippen LogP contribution in [0.5, 0.6) is 0 Å². The summed E-state index contributed by atoms with van der Waals surface area (Å²) in [6.07, 6.45) is 4.42. The van der Waals surface area contributed by atoms with Crippen molar-refractivity contribution >= 4 is 23.8 Å². The number of thioether (sulfide) groups is 1. The average molecular weight is 283 g/mol. The number of aliphatic carboxylic acids is 1. The van der Waals surface area contributed by atoms with Crippen molar-refractivity contribution in [2.45, 2.75) is 6.54 Å². The van der Waals surface area contributed by atoms with Crippen LogP contribution in [0.15, 0.2) is 24.3 Å². The van der Waals surface area contributed by atoms with E-state index in [0.29, 0.717) is 17.7 Å². The molecule has 0 aliphatic heterocycles. The van der Waals surface area contributed by atoms with Crippen molar-refractivity contribution in [3.05, 3.63) is 41.2 Å². The van der Waals surface area contributed by atoms with Crippen molar-refractivity contribution in [2.24, 2.45) is 0 Å². The van der Waals surface area contributed by atoms with Crippen molar-refractivity contribution in [1.29, 1.82) is 0 Å². The number of carbonyl (C=O) groups is 1. The van der Waals surface area contributed by atoms with Crippen LogP contribution in [0.1, 0.15) is 11.1 Å². The molecule has 1 rings (SSSR count). The Kier molecular flexibility index (Phi) is 6.59. The fourth-order valence-corrected chi connectivity index (χ4v) is 2.07. The van der Waals surface area contributed by atoms with E-state index < -0.39 is 5.97 Å². The predicted octanol–water partition coefficient (Wildman–Crippen LogP) is 2.72. The molecule has 19 heavy (non-hydrogen) atoms. The van der Waals surface area contributed by atoms with Crippen LogP contribution < -0.4 is 0 Å². The smallest absolute Gasteiger partial charge is 0.328 e. The molecule has 0 saturated carbocycles. The number of halogens is 1. The zero-order valence-electron chi connectivity index (χ0n) is 11.1. The Bertz CT molecular complexity index is 463. The van der Waals surface area contributed by atoms with Crippen molar-refractivity contribution in [1.82, 2.24) is 4.90 Å². The minimum atomic E-state index is -1.04. The minimum absolute atomic E-state index is 0.302. The van der Waals surface area contributed by atoms with Gasteiger partial charge < -0.3 is 10.0 Å². The predicted molar refractivity (Wildman–Crippen MR) is 77.8 cm³/mol. The Morgan fingerprint density at radius 3 is 2.84 bits per heavy atom. The Morgan fingerprint density at radius 1 is 1.53 bits per heavy atom. The molecule has 0 fully saturated rings. The molecule has 0 aliphatic rings. The van der Waals surface area contributed by atoms with E-state index in [1.165, 1.54) is 12.1 Å². The number of carboxylic acids is 1. The van der Waals surface area contributed by atoms with Gasteiger partial charge in [-0.3, -0.25) is 0 Å². The van der Waals surface area contributed by atoms with Crippen molar-refractivity contribution < 1.29 is 14.3 Å². The van der Waals surface area contributed by atoms with Crippen LogP contribution in [0.2, 0.25) is 0 Å². The van der Waals surface area contributed by atoms with Crippen LogP contribution in [0.3, 0.4) is 0 Å². The van der Waals surface area contributed by atoms with E-state index in [-0.39, 0.29) is 5.82 Å². The maximum Gasteiger partial charge on any atom is 0.328 e. The molecule has 0 aliphatic carbocycles. The lowest BCUT2D eigenvalue weighted by atomic mass is 10.1. The van der Waals surface area contributed by atoms with Gasteiger partial charge >= 0.3 is 5.97 Å². The van der Waals surface area contributed by atoms with Gasteiger partial charge in [-0.1, -0.05) is 12.1 Å². The standard InChI is InChI=1S/C14H18FNO2S/c1-16(7-8-19-2)10-12-5-3-11(9-13(12)15)4-6-14(17)18/h3-6,9H,7-8,10H2,1-2H3,(H,17,18)/b6-4+. The summed E-state index contributed by atoms with van der Waals surface area (Å²) in [6.45, 7) is 1.45. The third-order valence-corrected chi connectivity index (χ3v) is 3.20. The summed E-state index contributed by atoms with van der Waals surface area (Å²) in [6, 6.07) is 4.78. The highest BCUT2D eigenvalue weighted by molar-refractivity contribution is 7.98. The fraction of sp³-hybridized carbons (Fsp3) is 0.357. The number of hydrogen-bond acceptors (Lipinski definition) is 3. The summed E-state index contributed by atoms with van der Waals surface area (Å²) in [4.78, 5) is 12.4. The molecule has 0 bridgehead atoms. The van der Waals surface area contributed by atoms with Gasteiger partial charge in [-0.05, 0) is 31.0 Å². The van der Waals surface area contributed by atoms with Gasteiger partial charge in [-0.2, -0.15) is 11.8 Å². The quantitative estimate of drug-likeness (QED) is 0.781. The maximum atomic E-state index is 13.8. The molecule has 1 aromatic carbocycles. The fourth-order valence-electron chi connectivity index (χ4n) is 1.58. The summed E-state index contributed by atoms with van der Waals surface area (Å²) >= 11 is 1.76. The number of benzene rings is 1. The molecule has 104 valence electrons. The number of nitrogens with zero attached hydrogens (tertiary/aromatic N) is 1. The first kappa shape index (κ1) is 15.7. The Balaban J connectivity index is 2.69. The summed E-state index contributed by atoms with van der Waals surface area (Å²) in [5, 5.41) is 8.51. The van der Waals surface area contributed by atoms with E-state index in [9.17, 15) is 9.18 Å². The first-order valence-corrected chi connectivity index (χ1v) is 7.29. The lowest BCUT2D eigenvalue weighted by Gasteiger charge is -2.16. The molecular weight excluding hydrogens is 265 g/mol. The second kappa shape index (κ2) is 7.96.